The summed E-state index contributed by atoms with van der Waals surface area (Å²) >= 11 is 0. The average Bonchev–Trinajstić information content (AvgIpc) is 2.80. The minimum atomic E-state index is -0.137. The van der Waals surface area contributed by atoms with E-state index in [-0.39, 0.29) is 24.5 Å². The molecule has 0 bridgehead atoms. The van der Waals surface area contributed by atoms with Gasteiger partial charge in [0.15, 0.2) is 11.5 Å². The summed E-state index contributed by atoms with van der Waals surface area (Å²) in [7, 11) is 0. The van der Waals surface area contributed by atoms with Gasteiger partial charge in [-0.3, -0.25) is 10.1 Å². The highest BCUT2D eigenvalue weighted by Crippen LogP contribution is 2.32. The van der Waals surface area contributed by atoms with Crippen LogP contribution in [0.5, 0.6) is 11.5 Å². The summed E-state index contributed by atoms with van der Waals surface area (Å²) < 4.78 is 11.2. The maximum Gasteiger partial charge on any atom is 0.234 e. The first-order chi connectivity index (χ1) is 14.7. The number of carbonyl (C=O) groups is 1. The topological polar surface area (TPSA) is 59.6 Å². The van der Waals surface area contributed by atoms with Crippen molar-refractivity contribution in [2.24, 2.45) is 0 Å². The highest BCUT2D eigenvalue weighted by Gasteiger charge is 2.18. The van der Waals surface area contributed by atoms with Crippen molar-refractivity contribution in [1.82, 2.24) is 10.6 Å². The minimum absolute atomic E-state index is 0.0530. The van der Waals surface area contributed by atoms with E-state index >= 15 is 0 Å². The van der Waals surface area contributed by atoms with Crippen molar-refractivity contribution >= 4 is 5.91 Å². The molecule has 1 amide bonds. The largest absolute Gasteiger partial charge is 0.486 e. The Morgan fingerprint density at radius 1 is 0.833 bits per heavy atom. The van der Waals surface area contributed by atoms with Gasteiger partial charge in [-0.05, 0) is 35.7 Å². The van der Waals surface area contributed by atoms with Gasteiger partial charge in [0.05, 0.1) is 18.6 Å². The van der Waals surface area contributed by atoms with Gasteiger partial charge in [0, 0.05) is 0 Å². The number of ether oxygens (including phenoxy) is 2. The van der Waals surface area contributed by atoms with Crippen molar-refractivity contribution in [2.75, 3.05) is 19.8 Å². The Hall–Kier alpha value is -3.31. The molecule has 0 fully saturated rings. The van der Waals surface area contributed by atoms with Crippen LogP contribution >= 0.6 is 0 Å². The van der Waals surface area contributed by atoms with Crippen LogP contribution in [0, 0.1) is 0 Å². The van der Waals surface area contributed by atoms with Gasteiger partial charge in [-0.15, -0.1) is 0 Å². The molecule has 154 valence electrons. The fourth-order valence-corrected chi connectivity index (χ4v) is 3.62. The molecule has 1 atom stereocenters. The van der Waals surface area contributed by atoms with Crippen molar-refractivity contribution in [3.63, 3.8) is 0 Å². The minimum Gasteiger partial charge on any atom is -0.486 e. The van der Waals surface area contributed by atoms with Crippen molar-refractivity contribution < 1.29 is 14.3 Å². The lowest BCUT2D eigenvalue weighted by Gasteiger charge is -2.22. The molecule has 3 aromatic carbocycles. The lowest BCUT2D eigenvalue weighted by atomic mass is 9.99. The van der Waals surface area contributed by atoms with Crippen LogP contribution in [0.25, 0.3) is 0 Å². The van der Waals surface area contributed by atoms with Crippen LogP contribution in [0.3, 0.4) is 0 Å². The van der Waals surface area contributed by atoms with Crippen molar-refractivity contribution in [3.8, 4) is 11.5 Å². The number of carbonyl (C=O) groups excluding carboxylic acids is 1. The maximum absolute atomic E-state index is 12.7. The standard InChI is InChI=1S/C25H26N2O3/c1-18(21-12-13-22-23(16-21)30-15-14-29-22)27-24(28)17-26-25(19-8-4-2-5-9-19)20-10-6-3-7-11-20/h2-13,16,18,25-26H,14-15,17H2,1H3,(H,27,28)/t18-/m1/s1. The lowest BCUT2D eigenvalue weighted by molar-refractivity contribution is -0.121. The van der Waals surface area contributed by atoms with Crippen molar-refractivity contribution in [3.05, 3.63) is 95.6 Å². The molecule has 4 rings (SSSR count). The van der Waals surface area contributed by atoms with Crippen LogP contribution in [0.4, 0.5) is 0 Å². The fraction of sp³-hybridized carbons (Fsp3) is 0.240. The van der Waals surface area contributed by atoms with Crippen molar-refractivity contribution in [2.45, 2.75) is 19.0 Å². The van der Waals surface area contributed by atoms with Crippen LogP contribution in [0.2, 0.25) is 0 Å². The first kappa shape index (κ1) is 20.0. The average molecular weight is 402 g/mol. The highest BCUT2D eigenvalue weighted by atomic mass is 16.6. The van der Waals surface area contributed by atoms with Gasteiger partial charge in [-0.2, -0.15) is 0 Å². The summed E-state index contributed by atoms with van der Waals surface area (Å²) in [5.74, 6) is 1.42. The van der Waals surface area contributed by atoms with Crippen LogP contribution < -0.4 is 20.1 Å². The van der Waals surface area contributed by atoms with Gasteiger partial charge >= 0.3 is 0 Å². The summed E-state index contributed by atoms with van der Waals surface area (Å²) in [4.78, 5) is 12.7. The monoisotopic (exact) mass is 402 g/mol. The Kier molecular flexibility index (Phi) is 6.30. The number of rotatable bonds is 7. The molecule has 0 spiro atoms. The van der Waals surface area contributed by atoms with Gasteiger partial charge in [0.1, 0.15) is 13.2 Å². The Morgan fingerprint density at radius 2 is 1.43 bits per heavy atom. The summed E-state index contributed by atoms with van der Waals surface area (Å²) in [6.07, 6.45) is 0. The van der Waals surface area contributed by atoms with Crippen LogP contribution in [-0.2, 0) is 4.79 Å². The van der Waals surface area contributed by atoms with E-state index in [1.807, 2.05) is 61.5 Å². The molecule has 0 aliphatic carbocycles. The number of benzene rings is 3. The molecule has 0 radical (unpaired) electrons. The first-order valence-corrected chi connectivity index (χ1v) is 10.2. The smallest absolute Gasteiger partial charge is 0.234 e. The van der Waals surface area contributed by atoms with Crippen LogP contribution in [-0.4, -0.2) is 25.7 Å². The Balaban J connectivity index is 1.40. The molecule has 2 N–H and O–H groups in total. The van der Waals surface area contributed by atoms with E-state index < -0.39 is 0 Å². The predicted molar refractivity (Wildman–Crippen MR) is 117 cm³/mol. The molecule has 0 aromatic heterocycles. The third-order valence-corrected chi connectivity index (χ3v) is 5.18. The second-order valence-electron chi connectivity index (χ2n) is 7.33. The molecule has 0 saturated carbocycles. The second-order valence-corrected chi connectivity index (χ2v) is 7.33. The summed E-state index contributed by atoms with van der Waals surface area (Å²) in [6.45, 7) is 3.29. The van der Waals surface area contributed by atoms with E-state index in [4.69, 9.17) is 9.47 Å². The third-order valence-electron chi connectivity index (χ3n) is 5.18. The van der Waals surface area contributed by atoms with E-state index in [9.17, 15) is 4.79 Å². The molecule has 1 heterocycles. The lowest BCUT2D eigenvalue weighted by Crippen LogP contribution is -2.37. The molecule has 5 heteroatoms. The molecule has 0 saturated heterocycles. The molecule has 30 heavy (non-hydrogen) atoms. The zero-order chi connectivity index (χ0) is 20.8. The quantitative estimate of drug-likeness (QED) is 0.627. The molecule has 1 aliphatic heterocycles. The Morgan fingerprint density at radius 3 is 2.07 bits per heavy atom. The second kappa shape index (κ2) is 9.46. The normalized spacial score (nSPS) is 13.7. The number of hydrogen-bond acceptors (Lipinski definition) is 4. The van der Waals surface area contributed by atoms with Crippen molar-refractivity contribution in [1.29, 1.82) is 0 Å². The molecule has 0 unspecified atom stereocenters. The Bertz CT molecular complexity index is 937. The van der Waals surface area contributed by atoms with E-state index in [0.29, 0.717) is 13.2 Å². The molecular weight excluding hydrogens is 376 g/mol. The fourth-order valence-electron chi connectivity index (χ4n) is 3.62. The third kappa shape index (κ3) is 4.81. The molecule has 5 nitrogen and oxygen atoms in total. The number of amides is 1. The number of nitrogens with one attached hydrogen (secondary N) is 2. The number of hydrogen-bond donors (Lipinski definition) is 2. The summed E-state index contributed by atoms with van der Waals surface area (Å²) in [5, 5.41) is 6.47. The van der Waals surface area contributed by atoms with Gasteiger partial charge in [0.25, 0.3) is 0 Å². The summed E-state index contributed by atoms with van der Waals surface area (Å²) in [6, 6.07) is 25.9. The predicted octanol–water partition coefficient (Wildman–Crippen LogP) is 4.01. The summed E-state index contributed by atoms with van der Waals surface area (Å²) in [5.41, 5.74) is 3.23. The van der Waals surface area contributed by atoms with Gasteiger partial charge in [0.2, 0.25) is 5.91 Å². The van der Waals surface area contributed by atoms with Crippen LogP contribution in [0.15, 0.2) is 78.9 Å². The number of fused-ring (bicyclic) bond motifs is 1. The maximum atomic E-state index is 12.7. The highest BCUT2D eigenvalue weighted by molar-refractivity contribution is 5.78. The van der Waals surface area contributed by atoms with Gasteiger partial charge in [-0.25, -0.2) is 0 Å². The SMILES string of the molecule is C[C@@H](NC(=O)CNC(c1ccccc1)c1ccccc1)c1ccc2c(c1)OCCO2. The van der Waals surface area contributed by atoms with Gasteiger partial charge < -0.3 is 14.8 Å². The van der Waals surface area contributed by atoms with E-state index in [1.165, 1.54) is 0 Å². The van der Waals surface area contributed by atoms with E-state index in [1.54, 1.807) is 0 Å². The molecule has 1 aliphatic rings. The van der Waals surface area contributed by atoms with Crippen LogP contribution in [0.1, 0.15) is 35.7 Å². The zero-order valence-corrected chi connectivity index (χ0v) is 17.0. The van der Waals surface area contributed by atoms with E-state index in [0.717, 1.165) is 28.2 Å². The molecule has 3 aromatic rings. The van der Waals surface area contributed by atoms with Gasteiger partial charge in [-0.1, -0.05) is 66.7 Å². The zero-order valence-electron chi connectivity index (χ0n) is 17.0. The molecular formula is C25H26N2O3. The Labute approximate surface area is 177 Å². The first-order valence-electron chi connectivity index (χ1n) is 10.2. The van der Waals surface area contributed by atoms with E-state index in [2.05, 4.69) is 34.9 Å².